The molecular weight excluding hydrogens is 440 g/mol. The smallest absolute Gasteiger partial charge is 0.187 e. The molecule has 9 N–H and O–H groups in total. The number of ether oxygens (including phenoxy) is 5. The van der Waals surface area contributed by atoms with E-state index in [9.17, 15) is 46.0 Å². The van der Waals surface area contributed by atoms with Gasteiger partial charge in [-0.2, -0.15) is 0 Å². The quantitative estimate of drug-likeness (QED) is 0.182. The van der Waals surface area contributed by atoms with Gasteiger partial charge in [-0.1, -0.05) is 0 Å². The standard InChI is InChI=1S/C18H32O14/c1-4-7(19)9(21)13(25)17(29-4)28-3-6-15(11(23)12(24)16(27)31-6)32-18-14(26)10(22)8(20)5(2)30-18/h4-27H,3H2,1-2H3/t4-,5-,6+,7-,8-,9+,10+,11+,12-,13+,14+,15+,16-,17+,18-/m0/s1. The number of aliphatic hydroxyl groups is 9. The Morgan fingerprint density at radius 1 is 0.562 bits per heavy atom. The Morgan fingerprint density at radius 3 is 1.62 bits per heavy atom. The molecule has 0 aromatic heterocycles. The van der Waals surface area contributed by atoms with Crippen LogP contribution in [-0.2, 0) is 23.7 Å². The molecule has 3 fully saturated rings. The SMILES string of the molecule is C[C@@H]1O[C@@H](OC[C@H]2O[C@H](O)[C@@H](O)[C@@H](O)[C@@H]2O[C@@H]2O[C@@H](C)[C@H](O)[C@@H](O)[C@H]2O)[C@H](O)[C@H](O)[C@H]1O. The first-order valence-electron chi connectivity index (χ1n) is 10.3. The maximum atomic E-state index is 10.4. The zero-order valence-electron chi connectivity index (χ0n) is 17.4. The second kappa shape index (κ2) is 10.4. The summed E-state index contributed by atoms with van der Waals surface area (Å²) in [5.74, 6) is 0. The third kappa shape index (κ3) is 5.08. The summed E-state index contributed by atoms with van der Waals surface area (Å²) in [6.07, 6.45) is -22.1. The van der Waals surface area contributed by atoms with Gasteiger partial charge < -0.3 is 69.6 Å². The molecule has 14 nitrogen and oxygen atoms in total. The van der Waals surface area contributed by atoms with E-state index >= 15 is 0 Å². The van der Waals surface area contributed by atoms with Gasteiger partial charge in [-0.05, 0) is 13.8 Å². The number of hydrogen-bond donors (Lipinski definition) is 9. The summed E-state index contributed by atoms with van der Waals surface area (Å²) < 4.78 is 26.8. The van der Waals surface area contributed by atoms with Crippen molar-refractivity contribution in [3.63, 3.8) is 0 Å². The largest absolute Gasteiger partial charge is 0.388 e. The Labute approximate surface area is 183 Å². The van der Waals surface area contributed by atoms with E-state index < -0.39 is 98.7 Å². The van der Waals surface area contributed by atoms with E-state index in [2.05, 4.69) is 0 Å². The topological polar surface area (TPSA) is 228 Å². The summed E-state index contributed by atoms with van der Waals surface area (Å²) in [5, 5.41) is 89.9. The molecule has 188 valence electrons. The Hall–Kier alpha value is -0.560. The monoisotopic (exact) mass is 472 g/mol. The second-order valence-electron chi connectivity index (χ2n) is 8.34. The van der Waals surface area contributed by atoms with Crippen molar-refractivity contribution >= 4 is 0 Å². The van der Waals surface area contributed by atoms with Gasteiger partial charge in [0.25, 0.3) is 0 Å². The minimum Gasteiger partial charge on any atom is -0.388 e. The van der Waals surface area contributed by atoms with Crippen molar-refractivity contribution < 1.29 is 69.6 Å². The van der Waals surface area contributed by atoms with E-state index in [4.69, 9.17) is 23.7 Å². The second-order valence-corrected chi connectivity index (χ2v) is 8.34. The Morgan fingerprint density at radius 2 is 1.06 bits per heavy atom. The molecule has 0 aliphatic carbocycles. The normalized spacial score (nSPS) is 55.0. The third-order valence-electron chi connectivity index (χ3n) is 5.99. The van der Waals surface area contributed by atoms with Gasteiger partial charge in [0.15, 0.2) is 18.9 Å². The van der Waals surface area contributed by atoms with Crippen molar-refractivity contribution in [3.8, 4) is 0 Å². The predicted octanol–water partition coefficient (Wildman–Crippen LogP) is -5.52. The molecule has 3 heterocycles. The van der Waals surface area contributed by atoms with Crippen LogP contribution < -0.4 is 0 Å². The molecule has 0 aromatic rings. The van der Waals surface area contributed by atoms with E-state index in [1.54, 1.807) is 0 Å². The fourth-order valence-electron chi connectivity index (χ4n) is 3.84. The molecule has 15 atom stereocenters. The molecule has 0 bridgehead atoms. The molecule has 0 radical (unpaired) electrons. The van der Waals surface area contributed by atoms with Gasteiger partial charge in [-0.15, -0.1) is 0 Å². The van der Waals surface area contributed by atoms with E-state index in [1.807, 2.05) is 0 Å². The summed E-state index contributed by atoms with van der Waals surface area (Å²) in [6.45, 7) is 2.38. The van der Waals surface area contributed by atoms with Gasteiger partial charge >= 0.3 is 0 Å². The lowest BCUT2D eigenvalue weighted by atomic mass is 9.97. The molecule has 0 spiro atoms. The highest BCUT2D eigenvalue weighted by Gasteiger charge is 2.50. The highest BCUT2D eigenvalue weighted by molar-refractivity contribution is 4.94. The van der Waals surface area contributed by atoms with Gasteiger partial charge in [0.05, 0.1) is 18.8 Å². The van der Waals surface area contributed by atoms with Crippen LogP contribution >= 0.6 is 0 Å². The summed E-state index contributed by atoms with van der Waals surface area (Å²) in [7, 11) is 0. The van der Waals surface area contributed by atoms with Crippen molar-refractivity contribution in [2.24, 2.45) is 0 Å². The van der Waals surface area contributed by atoms with Crippen molar-refractivity contribution in [3.05, 3.63) is 0 Å². The first-order valence-corrected chi connectivity index (χ1v) is 10.3. The molecule has 0 aromatic carbocycles. The van der Waals surface area contributed by atoms with Crippen LogP contribution in [0.5, 0.6) is 0 Å². The lowest BCUT2D eigenvalue weighted by molar-refractivity contribution is -0.360. The summed E-state index contributed by atoms with van der Waals surface area (Å²) in [4.78, 5) is 0. The fourth-order valence-corrected chi connectivity index (χ4v) is 3.84. The van der Waals surface area contributed by atoms with Crippen LogP contribution in [0.4, 0.5) is 0 Å². The zero-order chi connectivity index (χ0) is 23.9. The van der Waals surface area contributed by atoms with Crippen LogP contribution in [0.2, 0.25) is 0 Å². The zero-order valence-corrected chi connectivity index (χ0v) is 17.4. The van der Waals surface area contributed by atoms with Gasteiger partial charge in [-0.3, -0.25) is 0 Å². The summed E-state index contributed by atoms with van der Waals surface area (Å²) in [6, 6.07) is 0. The molecule has 0 saturated carbocycles. The molecule has 3 rings (SSSR count). The van der Waals surface area contributed by atoms with Crippen LogP contribution in [0.3, 0.4) is 0 Å². The highest BCUT2D eigenvalue weighted by Crippen LogP contribution is 2.30. The van der Waals surface area contributed by atoms with Crippen molar-refractivity contribution in [1.82, 2.24) is 0 Å². The maximum Gasteiger partial charge on any atom is 0.187 e. The van der Waals surface area contributed by atoms with E-state index in [-0.39, 0.29) is 0 Å². The van der Waals surface area contributed by atoms with Crippen LogP contribution in [0.15, 0.2) is 0 Å². The van der Waals surface area contributed by atoms with Crippen LogP contribution in [0.1, 0.15) is 13.8 Å². The Balaban J connectivity index is 1.70. The van der Waals surface area contributed by atoms with E-state index in [0.717, 1.165) is 0 Å². The average molecular weight is 472 g/mol. The number of aliphatic hydroxyl groups excluding tert-OH is 9. The summed E-state index contributed by atoms with van der Waals surface area (Å²) >= 11 is 0. The molecule has 0 amide bonds. The van der Waals surface area contributed by atoms with E-state index in [0.29, 0.717) is 0 Å². The lowest BCUT2D eigenvalue weighted by Gasteiger charge is -2.45. The fraction of sp³-hybridized carbons (Fsp3) is 1.00. The van der Waals surface area contributed by atoms with Gasteiger partial charge in [0.2, 0.25) is 0 Å². The number of rotatable bonds is 5. The minimum atomic E-state index is -1.83. The van der Waals surface area contributed by atoms with Crippen LogP contribution in [-0.4, -0.2) is 145 Å². The molecule has 32 heavy (non-hydrogen) atoms. The van der Waals surface area contributed by atoms with Crippen LogP contribution in [0, 0.1) is 0 Å². The minimum absolute atomic E-state index is 0.494. The predicted molar refractivity (Wildman–Crippen MR) is 98.4 cm³/mol. The first-order chi connectivity index (χ1) is 14.9. The molecule has 14 heteroatoms. The molecule has 3 aliphatic heterocycles. The Bertz CT molecular complexity index is 610. The highest BCUT2D eigenvalue weighted by atomic mass is 16.7. The van der Waals surface area contributed by atoms with Gasteiger partial charge in [-0.25, -0.2) is 0 Å². The van der Waals surface area contributed by atoms with E-state index in [1.165, 1.54) is 13.8 Å². The van der Waals surface area contributed by atoms with Crippen molar-refractivity contribution in [1.29, 1.82) is 0 Å². The van der Waals surface area contributed by atoms with Gasteiger partial charge in [0.1, 0.15) is 61.0 Å². The van der Waals surface area contributed by atoms with Gasteiger partial charge in [0, 0.05) is 0 Å². The Kier molecular flexibility index (Phi) is 8.44. The maximum absolute atomic E-state index is 10.4. The molecular formula is C18H32O14. The molecule has 3 aliphatic rings. The first kappa shape index (κ1) is 26.1. The molecule has 0 unspecified atom stereocenters. The number of hydrogen-bond acceptors (Lipinski definition) is 14. The van der Waals surface area contributed by atoms with Crippen molar-refractivity contribution in [2.75, 3.05) is 6.61 Å². The van der Waals surface area contributed by atoms with Crippen molar-refractivity contribution in [2.45, 2.75) is 106 Å². The summed E-state index contributed by atoms with van der Waals surface area (Å²) in [5.41, 5.74) is 0. The third-order valence-corrected chi connectivity index (χ3v) is 5.99. The average Bonchev–Trinajstić information content (AvgIpc) is 2.76. The molecule has 3 saturated heterocycles. The van der Waals surface area contributed by atoms with Crippen LogP contribution in [0.25, 0.3) is 0 Å². The lowest BCUT2D eigenvalue weighted by Crippen LogP contribution is -2.64.